The van der Waals surface area contributed by atoms with E-state index in [1.54, 1.807) is 6.07 Å². The molecule has 2 N–H and O–H groups in total. The summed E-state index contributed by atoms with van der Waals surface area (Å²) >= 11 is 0. The fourth-order valence-electron chi connectivity index (χ4n) is 1.51. The van der Waals surface area contributed by atoms with Crippen LogP contribution < -0.4 is 5.32 Å². The van der Waals surface area contributed by atoms with E-state index >= 15 is 0 Å². The third-order valence-corrected chi connectivity index (χ3v) is 2.50. The predicted molar refractivity (Wildman–Crippen MR) is 55.7 cm³/mol. The average molecular weight is 192 g/mol. The van der Waals surface area contributed by atoms with Crippen molar-refractivity contribution >= 4 is 10.9 Å². The van der Waals surface area contributed by atoms with E-state index < -0.39 is 0 Å². The molecule has 0 spiro atoms. The highest BCUT2D eigenvalue weighted by atomic mass is 19.1. The third-order valence-electron chi connectivity index (χ3n) is 2.50. The molecule has 0 bridgehead atoms. The fraction of sp³-hybridized carbons (Fsp3) is 0.273. The number of fused-ring (bicyclic) bond motifs is 1. The quantitative estimate of drug-likeness (QED) is 0.752. The summed E-state index contributed by atoms with van der Waals surface area (Å²) < 4.78 is 12.9. The highest BCUT2D eigenvalue weighted by Crippen LogP contribution is 2.20. The van der Waals surface area contributed by atoms with Crippen LogP contribution in [0.5, 0.6) is 0 Å². The van der Waals surface area contributed by atoms with E-state index in [1.807, 2.05) is 13.1 Å². The summed E-state index contributed by atoms with van der Waals surface area (Å²) in [5.74, 6) is -0.194. The molecule has 0 unspecified atom stereocenters. The van der Waals surface area contributed by atoms with Gasteiger partial charge in [0.25, 0.3) is 0 Å². The second-order valence-electron chi connectivity index (χ2n) is 3.47. The standard InChI is InChI=1S/C11H13FN2/c1-7(13-2)11-6-8-5-9(12)3-4-10(8)14-11/h3-7,13-14H,1-2H3/t7-/m0/s1. The van der Waals surface area contributed by atoms with Crippen LogP contribution in [0.4, 0.5) is 4.39 Å². The molecule has 1 aromatic carbocycles. The molecular weight excluding hydrogens is 179 g/mol. The van der Waals surface area contributed by atoms with Gasteiger partial charge in [0.2, 0.25) is 0 Å². The molecule has 0 aliphatic rings. The minimum Gasteiger partial charge on any atom is -0.357 e. The minimum atomic E-state index is -0.194. The van der Waals surface area contributed by atoms with Gasteiger partial charge in [-0.3, -0.25) is 0 Å². The van der Waals surface area contributed by atoms with Crippen LogP contribution >= 0.6 is 0 Å². The molecule has 0 saturated heterocycles. The van der Waals surface area contributed by atoms with Crippen LogP contribution in [0, 0.1) is 5.82 Å². The highest BCUT2D eigenvalue weighted by Gasteiger charge is 2.06. The van der Waals surface area contributed by atoms with E-state index in [9.17, 15) is 4.39 Å². The Balaban J connectivity index is 2.51. The van der Waals surface area contributed by atoms with Crippen LogP contribution in [0.25, 0.3) is 10.9 Å². The van der Waals surface area contributed by atoms with Crippen LogP contribution in [-0.4, -0.2) is 12.0 Å². The molecule has 1 atom stereocenters. The first-order valence-corrected chi connectivity index (χ1v) is 4.66. The summed E-state index contributed by atoms with van der Waals surface area (Å²) in [7, 11) is 1.90. The zero-order valence-electron chi connectivity index (χ0n) is 8.26. The Morgan fingerprint density at radius 3 is 2.86 bits per heavy atom. The predicted octanol–water partition coefficient (Wildman–Crippen LogP) is 2.59. The van der Waals surface area contributed by atoms with Crippen molar-refractivity contribution in [1.29, 1.82) is 0 Å². The average Bonchev–Trinajstić information content (AvgIpc) is 2.59. The van der Waals surface area contributed by atoms with E-state index in [4.69, 9.17) is 0 Å². The normalized spacial score (nSPS) is 13.4. The molecule has 0 aliphatic carbocycles. The largest absolute Gasteiger partial charge is 0.357 e. The van der Waals surface area contributed by atoms with Gasteiger partial charge in [-0.2, -0.15) is 0 Å². The molecule has 1 aromatic heterocycles. The van der Waals surface area contributed by atoms with Gasteiger partial charge in [0.1, 0.15) is 5.82 Å². The topological polar surface area (TPSA) is 27.8 Å². The Hall–Kier alpha value is -1.35. The van der Waals surface area contributed by atoms with Gasteiger partial charge in [0, 0.05) is 22.6 Å². The number of hydrogen-bond acceptors (Lipinski definition) is 1. The van der Waals surface area contributed by atoms with E-state index in [0.717, 1.165) is 16.6 Å². The lowest BCUT2D eigenvalue weighted by Gasteiger charge is -2.05. The first kappa shape index (κ1) is 9.21. The highest BCUT2D eigenvalue weighted by molar-refractivity contribution is 5.80. The van der Waals surface area contributed by atoms with Crippen LogP contribution in [0.2, 0.25) is 0 Å². The lowest BCUT2D eigenvalue weighted by Crippen LogP contribution is -2.12. The molecule has 14 heavy (non-hydrogen) atoms. The number of H-pyrrole nitrogens is 1. The summed E-state index contributed by atoms with van der Waals surface area (Å²) in [6.07, 6.45) is 0. The lowest BCUT2D eigenvalue weighted by atomic mass is 10.2. The van der Waals surface area contributed by atoms with Crippen molar-refractivity contribution in [1.82, 2.24) is 10.3 Å². The van der Waals surface area contributed by atoms with Gasteiger partial charge in [-0.15, -0.1) is 0 Å². The molecule has 3 heteroatoms. The van der Waals surface area contributed by atoms with Gasteiger partial charge in [-0.25, -0.2) is 4.39 Å². The van der Waals surface area contributed by atoms with Crippen molar-refractivity contribution in [3.05, 3.63) is 35.8 Å². The van der Waals surface area contributed by atoms with Crippen molar-refractivity contribution in [2.24, 2.45) is 0 Å². The third kappa shape index (κ3) is 1.51. The van der Waals surface area contributed by atoms with Gasteiger partial charge >= 0.3 is 0 Å². The van der Waals surface area contributed by atoms with Crippen molar-refractivity contribution < 1.29 is 4.39 Å². The van der Waals surface area contributed by atoms with Gasteiger partial charge in [0.15, 0.2) is 0 Å². The van der Waals surface area contributed by atoms with Crippen LogP contribution in [0.1, 0.15) is 18.7 Å². The molecule has 2 rings (SSSR count). The van der Waals surface area contributed by atoms with Crippen LogP contribution in [-0.2, 0) is 0 Å². The van der Waals surface area contributed by atoms with Gasteiger partial charge in [-0.1, -0.05) is 0 Å². The summed E-state index contributed by atoms with van der Waals surface area (Å²) in [6.45, 7) is 2.06. The smallest absolute Gasteiger partial charge is 0.123 e. The van der Waals surface area contributed by atoms with E-state index in [1.165, 1.54) is 12.1 Å². The number of aromatic nitrogens is 1. The molecule has 74 valence electrons. The lowest BCUT2D eigenvalue weighted by molar-refractivity contribution is 0.630. The maximum absolute atomic E-state index is 12.9. The molecule has 2 aromatic rings. The molecular formula is C11H13FN2. The maximum Gasteiger partial charge on any atom is 0.123 e. The van der Waals surface area contributed by atoms with Crippen molar-refractivity contribution in [2.75, 3.05) is 7.05 Å². The monoisotopic (exact) mass is 192 g/mol. The molecule has 1 heterocycles. The SMILES string of the molecule is CN[C@@H](C)c1cc2cc(F)ccc2[nH]1. The Morgan fingerprint density at radius 1 is 1.36 bits per heavy atom. The maximum atomic E-state index is 12.9. The van der Waals surface area contributed by atoms with Gasteiger partial charge in [-0.05, 0) is 38.2 Å². The van der Waals surface area contributed by atoms with Crippen LogP contribution in [0.15, 0.2) is 24.3 Å². The summed E-state index contributed by atoms with van der Waals surface area (Å²) in [5.41, 5.74) is 2.05. The zero-order valence-corrected chi connectivity index (χ0v) is 8.26. The number of rotatable bonds is 2. The summed E-state index contributed by atoms with van der Waals surface area (Å²) in [4.78, 5) is 3.24. The zero-order chi connectivity index (χ0) is 10.1. The molecule has 0 amide bonds. The van der Waals surface area contributed by atoms with E-state index in [-0.39, 0.29) is 11.9 Å². The number of halogens is 1. The van der Waals surface area contributed by atoms with Crippen molar-refractivity contribution in [3.63, 3.8) is 0 Å². The molecule has 0 fully saturated rings. The molecule has 2 nitrogen and oxygen atoms in total. The number of hydrogen-bond donors (Lipinski definition) is 2. The Bertz CT molecular complexity index is 447. The minimum absolute atomic E-state index is 0.194. The fourth-order valence-corrected chi connectivity index (χ4v) is 1.51. The molecule has 0 aliphatic heterocycles. The molecule has 0 saturated carbocycles. The van der Waals surface area contributed by atoms with E-state index in [2.05, 4.69) is 17.2 Å². The van der Waals surface area contributed by atoms with Crippen LogP contribution in [0.3, 0.4) is 0 Å². The van der Waals surface area contributed by atoms with Crippen molar-refractivity contribution in [3.8, 4) is 0 Å². The van der Waals surface area contributed by atoms with Gasteiger partial charge < -0.3 is 10.3 Å². The Kier molecular flexibility index (Phi) is 2.25. The molecule has 0 radical (unpaired) electrons. The van der Waals surface area contributed by atoms with E-state index in [0.29, 0.717) is 0 Å². The Labute approximate surface area is 82.1 Å². The van der Waals surface area contributed by atoms with Gasteiger partial charge in [0.05, 0.1) is 0 Å². The summed E-state index contributed by atoms with van der Waals surface area (Å²) in [5, 5.41) is 4.05. The number of nitrogens with one attached hydrogen (secondary N) is 2. The first-order chi connectivity index (χ1) is 6.70. The Morgan fingerprint density at radius 2 is 2.14 bits per heavy atom. The summed E-state index contributed by atoms with van der Waals surface area (Å²) in [6, 6.07) is 6.99. The first-order valence-electron chi connectivity index (χ1n) is 4.66. The second kappa shape index (κ2) is 3.42. The van der Waals surface area contributed by atoms with Crippen molar-refractivity contribution in [2.45, 2.75) is 13.0 Å². The number of aromatic amines is 1. The second-order valence-corrected chi connectivity index (χ2v) is 3.47. The number of benzene rings is 1.